The van der Waals surface area contributed by atoms with E-state index in [-0.39, 0.29) is 0 Å². The van der Waals surface area contributed by atoms with Gasteiger partial charge in [-0.25, -0.2) is 0 Å². The van der Waals surface area contributed by atoms with Crippen molar-refractivity contribution >= 4 is 0 Å². The molecule has 1 atom stereocenters. The quantitative estimate of drug-likeness (QED) is 0.812. The van der Waals surface area contributed by atoms with Gasteiger partial charge >= 0.3 is 0 Å². The zero-order valence-electron chi connectivity index (χ0n) is 11.4. The van der Waals surface area contributed by atoms with E-state index in [1.807, 2.05) is 25.1 Å². The van der Waals surface area contributed by atoms with E-state index in [4.69, 9.17) is 4.74 Å². The Morgan fingerprint density at radius 3 is 2.35 bits per heavy atom. The van der Waals surface area contributed by atoms with Crippen molar-refractivity contribution in [3.05, 3.63) is 29.3 Å². The highest BCUT2D eigenvalue weighted by Crippen LogP contribution is 2.23. The summed E-state index contributed by atoms with van der Waals surface area (Å²) < 4.78 is 5.83. The average molecular weight is 236 g/mol. The molecule has 0 saturated carbocycles. The maximum atomic E-state index is 9.49. The molecule has 0 aromatic heterocycles. The molecular weight excluding hydrogens is 212 g/mol. The van der Waals surface area contributed by atoms with Crippen molar-refractivity contribution < 1.29 is 9.84 Å². The fraction of sp³-hybridized carbons (Fsp3) is 0.600. The van der Waals surface area contributed by atoms with E-state index in [9.17, 15) is 5.11 Å². The van der Waals surface area contributed by atoms with Crippen LogP contribution in [0.25, 0.3) is 0 Å². The van der Waals surface area contributed by atoms with Gasteiger partial charge in [0.1, 0.15) is 5.75 Å². The summed E-state index contributed by atoms with van der Waals surface area (Å²) in [7, 11) is 0. The first-order valence-electron chi connectivity index (χ1n) is 6.49. The minimum atomic E-state index is -0.415. The molecule has 0 aliphatic heterocycles. The van der Waals surface area contributed by atoms with Crippen LogP contribution in [0.2, 0.25) is 0 Å². The molecule has 1 unspecified atom stereocenters. The second kappa shape index (κ2) is 6.65. The van der Waals surface area contributed by atoms with E-state index >= 15 is 0 Å². The largest absolute Gasteiger partial charge is 0.493 e. The average Bonchev–Trinajstić information content (AvgIpc) is 2.31. The molecule has 0 aliphatic rings. The van der Waals surface area contributed by atoms with Crippen molar-refractivity contribution in [1.29, 1.82) is 0 Å². The van der Waals surface area contributed by atoms with Crippen LogP contribution in [0.15, 0.2) is 18.2 Å². The van der Waals surface area contributed by atoms with Crippen LogP contribution < -0.4 is 4.74 Å². The number of benzene rings is 1. The lowest BCUT2D eigenvalue weighted by Crippen LogP contribution is -2.10. The lowest BCUT2D eigenvalue weighted by atomic mass is 10.0. The molecule has 0 spiro atoms. The van der Waals surface area contributed by atoms with Crippen LogP contribution in [0.3, 0.4) is 0 Å². The molecule has 0 saturated heterocycles. The number of rotatable bonds is 6. The topological polar surface area (TPSA) is 29.5 Å². The summed E-state index contributed by atoms with van der Waals surface area (Å²) in [4.78, 5) is 0. The fourth-order valence-corrected chi connectivity index (χ4v) is 1.83. The van der Waals surface area contributed by atoms with E-state index in [1.54, 1.807) is 6.92 Å². The smallest absolute Gasteiger partial charge is 0.122 e. The van der Waals surface area contributed by atoms with Gasteiger partial charge < -0.3 is 9.84 Å². The van der Waals surface area contributed by atoms with Gasteiger partial charge in [0.05, 0.1) is 12.7 Å². The Balaban J connectivity index is 2.66. The third-order valence-corrected chi connectivity index (χ3v) is 3.31. The van der Waals surface area contributed by atoms with Crippen molar-refractivity contribution in [2.24, 2.45) is 5.92 Å². The summed E-state index contributed by atoms with van der Waals surface area (Å²) in [6, 6.07) is 5.88. The zero-order chi connectivity index (χ0) is 12.8. The molecular formula is C15H24O2. The van der Waals surface area contributed by atoms with Crippen LogP contribution in [-0.4, -0.2) is 11.7 Å². The van der Waals surface area contributed by atoms with Crippen molar-refractivity contribution in [2.75, 3.05) is 6.61 Å². The molecule has 17 heavy (non-hydrogen) atoms. The van der Waals surface area contributed by atoms with Gasteiger partial charge in [0.25, 0.3) is 0 Å². The molecule has 0 fully saturated rings. The number of ether oxygens (including phenoxy) is 1. The molecule has 2 nitrogen and oxygen atoms in total. The minimum absolute atomic E-state index is 0.415. The van der Waals surface area contributed by atoms with E-state index in [2.05, 4.69) is 13.8 Å². The van der Waals surface area contributed by atoms with E-state index in [1.165, 1.54) is 0 Å². The summed E-state index contributed by atoms with van der Waals surface area (Å²) in [6.07, 6.45) is 1.89. The van der Waals surface area contributed by atoms with Gasteiger partial charge in [-0.15, -0.1) is 0 Å². The molecule has 0 radical (unpaired) electrons. The summed E-state index contributed by atoms with van der Waals surface area (Å²) in [5, 5.41) is 9.49. The SMILES string of the molecule is CCC(CC)COc1ccc(C(C)O)cc1C. The first-order chi connectivity index (χ1) is 8.08. The Morgan fingerprint density at radius 2 is 1.88 bits per heavy atom. The Bertz CT molecular complexity index is 341. The molecule has 1 aromatic carbocycles. The fourth-order valence-electron chi connectivity index (χ4n) is 1.83. The number of hydrogen-bond acceptors (Lipinski definition) is 2. The second-order valence-electron chi connectivity index (χ2n) is 4.69. The highest BCUT2D eigenvalue weighted by Gasteiger charge is 2.08. The van der Waals surface area contributed by atoms with Crippen LogP contribution in [0.1, 0.15) is 50.8 Å². The predicted molar refractivity (Wildman–Crippen MR) is 71.4 cm³/mol. The van der Waals surface area contributed by atoms with Crippen LogP contribution in [-0.2, 0) is 0 Å². The maximum absolute atomic E-state index is 9.49. The number of hydrogen-bond donors (Lipinski definition) is 1. The Kier molecular flexibility index (Phi) is 5.49. The van der Waals surface area contributed by atoms with Gasteiger partial charge in [-0.3, -0.25) is 0 Å². The van der Waals surface area contributed by atoms with Crippen LogP contribution >= 0.6 is 0 Å². The van der Waals surface area contributed by atoms with Gasteiger partial charge in [-0.1, -0.05) is 32.8 Å². The summed E-state index contributed by atoms with van der Waals surface area (Å²) >= 11 is 0. The van der Waals surface area contributed by atoms with Crippen molar-refractivity contribution in [2.45, 2.75) is 46.6 Å². The molecule has 96 valence electrons. The first-order valence-corrected chi connectivity index (χ1v) is 6.49. The van der Waals surface area contributed by atoms with Crippen LogP contribution in [0, 0.1) is 12.8 Å². The third-order valence-electron chi connectivity index (χ3n) is 3.31. The van der Waals surface area contributed by atoms with Crippen LogP contribution in [0.5, 0.6) is 5.75 Å². The summed E-state index contributed by atoms with van der Waals surface area (Å²) in [5.74, 6) is 1.56. The highest BCUT2D eigenvalue weighted by molar-refractivity contribution is 5.36. The lowest BCUT2D eigenvalue weighted by Gasteiger charge is -2.16. The minimum Gasteiger partial charge on any atom is -0.493 e. The lowest BCUT2D eigenvalue weighted by molar-refractivity contribution is 0.198. The van der Waals surface area contributed by atoms with Crippen molar-refractivity contribution in [3.63, 3.8) is 0 Å². The molecule has 1 N–H and O–H groups in total. The molecule has 0 heterocycles. The summed E-state index contributed by atoms with van der Waals surface area (Å²) in [5.41, 5.74) is 2.03. The highest BCUT2D eigenvalue weighted by atomic mass is 16.5. The second-order valence-corrected chi connectivity index (χ2v) is 4.69. The van der Waals surface area contributed by atoms with Crippen molar-refractivity contribution in [1.82, 2.24) is 0 Å². The maximum Gasteiger partial charge on any atom is 0.122 e. The van der Waals surface area contributed by atoms with Gasteiger partial charge in [-0.2, -0.15) is 0 Å². The number of aryl methyl sites for hydroxylation is 1. The van der Waals surface area contributed by atoms with E-state index in [0.717, 1.165) is 36.3 Å². The predicted octanol–water partition coefficient (Wildman–Crippen LogP) is 3.86. The monoisotopic (exact) mass is 236 g/mol. The molecule has 0 amide bonds. The van der Waals surface area contributed by atoms with Gasteiger partial charge in [0, 0.05) is 0 Å². The van der Waals surface area contributed by atoms with Gasteiger partial charge in [0.2, 0.25) is 0 Å². The Morgan fingerprint density at radius 1 is 1.24 bits per heavy atom. The molecule has 0 aliphatic carbocycles. The molecule has 1 aromatic rings. The molecule has 1 rings (SSSR count). The standard InChI is InChI=1S/C15H24O2/c1-5-13(6-2)10-17-15-8-7-14(12(4)16)9-11(15)3/h7-9,12-13,16H,5-6,10H2,1-4H3. The number of aliphatic hydroxyl groups is 1. The van der Waals surface area contributed by atoms with Crippen LogP contribution in [0.4, 0.5) is 0 Å². The van der Waals surface area contributed by atoms with Gasteiger partial charge in [-0.05, 0) is 43.0 Å². The van der Waals surface area contributed by atoms with E-state index in [0.29, 0.717) is 5.92 Å². The normalized spacial score (nSPS) is 12.8. The third kappa shape index (κ3) is 4.04. The van der Waals surface area contributed by atoms with E-state index < -0.39 is 6.10 Å². The molecule has 2 heteroatoms. The Labute approximate surface area is 105 Å². The Hall–Kier alpha value is -1.02. The molecule has 0 bridgehead atoms. The number of aliphatic hydroxyl groups excluding tert-OH is 1. The zero-order valence-corrected chi connectivity index (χ0v) is 11.4. The van der Waals surface area contributed by atoms with Crippen molar-refractivity contribution in [3.8, 4) is 5.75 Å². The van der Waals surface area contributed by atoms with Gasteiger partial charge in [0.15, 0.2) is 0 Å². The summed E-state index contributed by atoms with van der Waals surface area (Å²) in [6.45, 7) is 8.97. The first kappa shape index (κ1) is 14.0.